The molecule has 23 heavy (non-hydrogen) atoms. The van der Waals surface area contributed by atoms with Crippen molar-refractivity contribution in [3.63, 3.8) is 0 Å². The second-order valence-corrected chi connectivity index (χ2v) is 6.45. The average Bonchev–Trinajstić information content (AvgIpc) is 2.39. The maximum atomic E-state index is 12.7. The summed E-state index contributed by atoms with van der Waals surface area (Å²) in [5.74, 6) is -1.06. The standard InChI is InChI=1S/C14H12ClF3N2O3/c1-23-11(22)12-4-13(5-12,6-12)20-10(21)8-2-7(14(16,17)18)3-19-9(8)15/h2-3H,4-6H2,1H3,(H,20,21). The summed E-state index contributed by atoms with van der Waals surface area (Å²) in [5.41, 5.74) is -2.50. The molecule has 3 aliphatic carbocycles. The second kappa shape index (κ2) is 4.83. The van der Waals surface area contributed by atoms with Crippen LogP contribution < -0.4 is 5.32 Å². The number of alkyl halides is 3. The molecule has 9 heteroatoms. The van der Waals surface area contributed by atoms with Crippen molar-refractivity contribution in [1.29, 1.82) is 0 Å². The Morgan fingerprint density at radius 1 is 1.35 bits per heavy atom. The first-order chi connectivity index (χ1) is 10.6. The van der Waals surface area contributed by atoms with Crippen LogP contribution in [0.3, 0.4) is 0 Å². The molecule has 1 N–H and O–H groups in total. The monoisotopic (exact) mass is 348 g/mol. The number of hydrogen-bond acceptors (Lipinski definition) is 4. The van der Waals surface area contributed by atoms with Crippen LogP contribution in [0.4, 0.5) is 13.2 Å². The highest BCUT2D eigenvalue weighted by atomic mass is 35.5. The molecule has 3 aliphatic rings. The van der Waals surface area contributed by atoms with E-state index in [1.54, 1.807) is 0 Å². The van der Waals surface area contributed by atoms with Crippen molar-refractivity contribution in [3.05, 3.63) is 28.5 Å². The number of halogens is 4. The number of nitrogens with zero attached hydrogens (tertiary/aromatic N) is 1. The van der Waals surface area contributed by atoms with E-state index in [0.717, 1.165) is 0 Å². The molecule has 2 bridgehead atoms. The van der Waals surface area contributed by atoms with Gasteiger partial charge in [0.1, 0.15) is 5.15 Å². The largest absolute Gasteiger partial charge is 0.469 e. The van der Waals surface area contributed by atoms with E-state index in [9.17, 15) is 22.8 Å². The number of carbonyl (C=O) groups excluding carboxylic acids is 2. The highest BCUT2D eigenvalue weighted by molar-refractivity contribution is 6.32. The predicted octanol–water partition coefficient (Wildman–Crippen LogP) is 2.58. The fourth-order valence-electron chi connectivity index (χ4n) is 3.42. The number of ether oxygens (including phenoxy) is 1. The molecule has 3 fully saturated rings. The third-order valence-electron chi connectivity index (χ3n) is 4.44. The quantitative estimate of drug-likeness (QED) is 0.673. The SMILES string of the molecule is COC(=O)C12CC(NC(=O)c3cc(C(F)(F)F)cnc3Cl)(C1)C2. The van der Waals surface area contributed by atoms with Gasteiger partial charge in [0.15, 0.2) is 0 Å². The minimum atomic E-state index is -4.61. The highest BCUT2D eigenvalue weighted by Crippen LogP contribution is 2.67. The predicted molar refractivity (Wildman–Crippen MR) is 72.7 cm³/mol. The van der Waals surface area contributed by atoms with Crippen molar-refractivity contribution >= 4 is 23.5 Å². The van der Waals surface area contributed by atoms with E-state index < -0.39 is 28.6 Å². The number of amides is 1. The zero-order valence-electron chi connectivity index (χ0n) is 12.0. The first kappa shape index (κ1) is 16.0. The molecular weight excluding hydrogens is 337 g/mol. The minimum absolute atomic E-state index is 0.301. The molecule has 1 aromatic rings. The van der Waals surface area contributed by atoms with E-state index in [-0.39, 0.29) is 16.7 Å². The number of esters is 1. The number of methoxy groups -OCH3 is 1. The zero-order valence-corrected chi connectivity index (χ0v) is 12.7. The summed E-state index contributed by atoms with van der Waals surface area (Å²) in [6.07, 6.45) is -2.78. The average molecular weight is 349 g/mol. The van der Waals surface area contributed by atoms with Crippen LogP contribution in [-0.2, 0) is 15.7 Å². The van der Waals surface area contributed by atoms with Crippen molar-refractivity contribution < 1.29 is 27.5 Å². The van der Waals surface area contributed by atoms with Crippen LogP contribution >= 0.6 is 11.6 Å². The van der Waals surface area contributed by atoms with Gasteiger partial charge in [-0.2, -0.15) is 13.2 Å². The molecule has 0 atom stereocenters. The summed E-state index contributed by atoms with van der Waals surface area (Å²) in [7, 11) is 1.29. The number of rotatable bonds is 3. The number of pyridine rings is 1. The maximum Gasteiger partial charge on any atom is 0.417 e. The van der Waals surface area contributed by atoms with Crippen LogP contribution in [0, 0.1) is 5.41 Å². The van der Waals surface area contributed by atoms with Gasteiger partial charge in [-0.05, 0) is 25.3 Å². The van der Waals surface area contributed by atoms with Gasteiger partial charge < -0.3 is 10.1 Å². The Morgan fingerprint density at radius 3 is 2.48 bits per heavy atom. The summed E-state index contributed by atoms with van der Waals surface area (Å²) in [4.78, 5) is 27.2. The molecule has 1 aromatic heterocycles. The van der Waals surface area contributed by atoms with Gasteiger partial charge >= 0.3 is 12.1 Å². The summed E-state index contributed by atoms with van der Waals surface area (Å²) in [6.45, 7) is 0. The number of aromatic nitrogens is 1. The molecule has 1 amide bonds. The molecule has 0 radical (unpaired) electrons. The fourth-order valence-corrected chi connectivity index (χ4v) is 3.61. The molecule has 3 saturated carbocycles. The number of nitrogens with one attached hydrogen (secondary N) is 1. The van der Waals surface area contributed by atoms with Gasteiger partial charge in [0.2, 0.25) is 0 Å². The van der Waals surface area contributed by atoms with E-state index in [1.807, 2.05) is 0 Å². The molecule has 0 aliphatic heterocycles. The molecule has 124 valence electrons. The molecule has 4 rings (SSSR count). The Hall–Kier alpha value is -1.83. The number of hydrogen-bond donors (Lipinski definition) is 1. The van der Waals surface area contributed by atoms with Crippen molar-refractivity contribution in [2.24, 2.45) is 5.41 Å². The van der Waals surface area contributed by atoms with E-state index in [2.05, 4.69) is 10.3 Å². The Kier molecular flexibility index (Phi) is 3.37. The van der Waals surface area contributed by atoms with Crippen LogP contribution in [0.25, 0.3) is 0 Å². The first-order valence-electron chi connectivity index (χ1n) is 6.75. The number of carbonyl (C=O) groups is 2. The van der Waals surface area contributed by atoms with Crippen molar-refractivity contribution in [3.8, 4) is 0 Å². The zero-order chi connectivity index (χ0) is 17.0. The lowest BCUT2D eigenvalue weighted by Crippen LogP contribution is -2.77. The maximum absolute atomic E-state index is 12.7. The van der Waals surface area contributed by atoms with E-state index in [4.69, 9.17) is 16.3 Å². The second-order valence-electron chi connectivity index (χ2n) is 6.10. The molecule has 5 nitrogen and oxygen atoms in total. The molecule has 0 aromatic carbocycles. The Bertz CT molecular complexity index is 685. The smallest absolute Gasteiger partial charge is 0.417 e. The van der Waals surface area contributed by atoms with Gasteiger partial charge in [-0.3, -0.25) is 9.59 Å². The molecule has 0 spiro atoms. The van der Waals surface area contributed by atoms with E-state index >= 15 is 0 Å². The summed E-state index contributed by atoms with van der Waals surface area (Å²) in [5, 5.41) is 2.36. The van der Waals surface area contributed by atoms with Crippen LogP contribution in [0.5, 0.6) is 0 Å². The fraction of sp³-hybridized carbons (Fsp3) is 0.500. The lowest BCUT2D eigenvalue weighted by molar-refractivity contribution is -0.199. The van der Waals surface area contributed by atoms with Crippen molar-refractivity contribution in [2.45, 2.75) is 31.0 Å². The van der Waals surface area contributed by atoms with Crippen molar-refractivity contribution in [1.82, 2.24) is 10.3 Å². The Labute approximate surface area is 134 Å². The Balaban J connectivity index is 1.73. The molecule has 0 unspecified atom stereocenters. The summed E-state index contributed by atoms with van der Waals surface area (Å²) < 4.78 is 42.8. The van der Waals surface area contributed by atoms with E-state index in [0.29, 0.717) is 31.5 Å². The van der Waals surface area contributed by atoms with Crippen molar-refractivity contribution in [2.75, 3.05) is 7.11 Å². The van der Waals surface area contributed by atoms with Gasteiger partial charge in [-0.15, -0.1) is 0 Å². The third kappa shape index (κ3) is 2.45. The van der Waals surface area contributed by atoms with Crippen LogP contribution in [0.2, 0.25) is 5.15 Å². The van der Waals surface area contributed by atoms with E-state index in [1.165, 1.54) is 7.11 Å². The first-order valence-corrected chi connectivity index (χ1v) is 7.12. The third-order valence-corrected chi connectivity index (χ3v) is 4.74. The summed E-state index contributed by atoms with van der Waals surface area (Å²) >= 11 is 5.73. The summed E-state index contributed by atoms with van der Waals surface area (Å²) in [6, 6.07) is 0.673. The Morgan fingerprint density at radius 2 is 1.96 bits per heavy atom. The van der Waals surface area contributed by atoms with Gasteiger partial charge in [-0.25, -0.2) is 4.98 Å². The van der Waals surface area contributed by atoms with Gasteiger partial charge in [0, 0.05) is 11.7 Å². The minimum Gasteiger partial charge on any atom is -0.469 e. The molecule has 0 saturated heterocycles. The van der Waals surface area contributed by atoms with Gasteiger partial charge in [-0.1, -0.05) is 11.6 Å². The van der Waals surface area contributed by atoms with Crippen LogP contribution in [0.1, 0.15) is 35.2 Å². The molecule has 1 heterocycles. The van der Waals surface area contributed by atoms with Gasteiger partial charge in [0.05, 0.1) is 23.7 Å². The lowest BCUT2D eigenvalue weighted by Gasteiger charge is -2.68. The van der Waals surface area contributed by atoms with Gasteiger partial charge in [0.25, 0.3) is 5.91 Å². The lowest BCUT2D eigenvalue weighted by atomic mass is 9.39. The highest BCUT2D eigenvalue weighted by Gasteiger charge is 2.73. The van der Waals surface area contributed by atoms with Crippen LogP contribution in [-0.4, -0.2) is 29.5 Å². The molecular formula is C14H12ClF3N2O3. The topological polar surface area (TPSA) is 68.3 Å². The normalized spacial score (nSPS) is 28.4. The van der Waals surface area contributed by atoms with Crippen LogP contribution in [0.15, 0.2) is 12.3 Å².